The van der Waals surface area contributed by atoms with E-state index < -0.39 is 11.3 Å². The van der Waals surface area contributed by atoms with E-state index in [0.29, 0.717) is 24.0 Å². The van der Waals surface area contributed by atoms with Crippen molar-refractivity contribution in [3.63, 3.8) is 0 Å². The lowest BCUT2D eigenvalue weighted by atomic mass is 10.0. The molecule has 0 fully saturated rings. The lowest BCUT2D eigenvalue weighted by Crippen LogP contribution is -2.45. The maximum absolute atomic E-state index is 13.0. The molecule has 0 aromatic heterocycles. The highest BCUT2D eigenvalue weighted by Crippen LogP contribution is 2.36. The topological polar surface area (TPSA) is 83.4 Å². The molecule has 0 bridgehead atoms. The summed E-state index contributed by atoms with van der Waals surface area (Å²) in [5.74, 6) is 1.02. The van der Waals surface area contributed by atoms with Crippen LogP contribution in [0.25, 0.3) is 0 Å². The number of nitrogens with one attached hydrogen (secondary N) is 1. The molecule has 5 rings (SSSR count). The number of carbonyl (C=O) groups is 2. The third-order valence-electron chi connectivity index (χ3n) is 6.13. The molecule has 1 N–H and O–H groups in total. The third kappa shape index (κ3) is 4.90. The van der Waals surface area contributed by atoms with Crippen molar-refractivity contribution in [2.24, 2.45) is 9.98 Å². The van der Waals surface area contributed by atoms with Gasteiger partial charge in [0, 0.05) is 18.5 Å². The van der Waals surface area contributed by atoms with Gasteiger partial charge < -0.3 is 10.1 Å². The molecule has 0 aliphatic carbocycles. The molecule has 182 valence electrons. The van der Waals surface area contributed by atoms with Crippen LogP contribution in [0.2, 0.25) is 0 Å². The molecule has 2 aliphatic heterocycles. The monoisotopic (exact) mass is 498 g/mol. The van der Waals surface area contributed by atoms with E-state index in [1.165, 1.54) is 11.8 Å². The first kappa shape index (κ1) is 23.8. The molecule has 3 aromatic rings. The number of amides is 2. The van der Waals surface area contributed by atoms with Crippen molar-refractivity contribution in [1.29, 1.82) is 0 Å². The summed E-state index contributed by atoms with van der Waals surface area (Å²) >= 11 is 1.33. The van der Waals surface area contributed by atoms with Crippen LogP contribution in [0.15, 0.2) is 88.8 Å². The summed E-state index contributed by atoms with van der Waals surface area (Å²) in [6.45, 7) is 2.23. The van der Waals surface area contributed by atoms with E-state index in [1.807, 2.05) is 90.7 Å². The van der Waals surface area contributed by atoms with E-state index in [4.69, 9.17) is 9.73 Å². The Kier molecular flexibility index (Phi) is 6.86. The number of carbonyl (C=O) groups excluding carboxylic acids is 2. The molecule has 2 aliphatic rings. The van der Waals surface area contributed by atoms with Crippen LogP contribution < -0.4 is 10.1 Å². The van der Waals surface area contributed by atoms with Crippen molar-refractivity contribution in [3.05, 3.63) is 95.6 Å². The standard InChI is InChI=1S/C28H26N4O3S/c1-18(26(33)29-17-20-11-8-12-21(15-20)35-2)36-28-30-23-14-7-6-13-22(23)25-31-27(34)24(32(25)28)16-19-9-4-3-5-10-19/h3-15,18,24H,16-17H2,1-2H3,(H,29,33). The van der Waals surface area contributed by atoms with Crippen LogP contribution in [-0.2, 0) is 22.6 Å². The summed E-state index contributed by atoms with van der Waals surface area (Å²) in [7, 11) is 1.62. The number of nitrogens with zero attached hydrogens (tertiary/aromatic N) is 3. The number of fused-ring (bicyclic) bond motifs is 3. The minimum atomic E-state index is -0.506. The molecule has 3 aromatic carbocycles. The number of ether oxygens (including phenoxy) is 1. The highest BCUT2D eigenvalue weighted by molar-refractivity contribution is 8.14. The largest absolute Gasteiger partial charge is 0.497 e. The predicted octanol–water partition coefficient (Wildman–Crippen LogP) is 4.33. The van der Waals surface area contributed by atoms with E-state index in [-0.39, 0.29) is 11.8 Å². The zero-order chi connectivity index (χ0) is 25.1. The molecule has 2 unspecified atom stereocenters. The van der Waals surface area contributed by atoms with Crippen LogP contribution in [0, 0.1) is 0 Å². The van der Waals surface area contributed by atoms with Crippen molar-refractivity contribution in [1.82, 2.24) is 10.2 Å². The maximum Gasteiger partial charge on any atom is 0.271 e. The second-order valence-corrected chi connectivity index (χ2v) is 9.90. The van der Waals surface area contributed by atoms with E-state index in [9.17, 15) is 9.59 Å². The summed E-state index contributed by atoms with van der Waals surface area (Å²) in [4.78, 5) is 37.2. The zero-order valence-electron chi connectivity index (χ0n) is 20.0. The van der Waals surface area contributed by atoms with E-state index >= 15 is 0 Å². The number of aliphatic imine (C=N–C) groups is 2. The average Bonchev–Trinajstić information content (AvgIpc) is 3.24. The van der Waals surface area contributed by atoms with Gasteiger partial charge in [-0.2, -0.15) is 4.99 Å². The minimum absolute atomic E-state index is 0.118. The number of para-hydroxylation sites is 1. The number of thioether (sulfide) groups is 1. The number of hydrogen-bond acceptors (Lipinski definition) is 6. The summed E-state index contributed by atoms with van der Waals surface area (Å²) in [5, 5.41) is 3.16. The minimum Gasteiger partial charge on any atom is -0.497 e. The molecule has 2 amide bonds. The smallest absolute Gasteiger partial charge is 0.271 e. The van der Waals surface area contributed by atoms with Crippen LogP contribution in [0.4, 0.5) is 5.69 Å². The summed E-state index contributed by atoms with van der Waals surface area (Å²) in [5.41, 5.74) is 3.55. The van der Waals surface area contributed by atoms with Gasteiger partial charge in [0.25, 0.3) is 5.91 Å². The highest BCUT2D eigenvalue weighted by atomic mass is 32.2. The van der Waals surface area contributed by atoms with Gasteiger partial charge in [0.05, 0.1) is 18.0 Å². The lowest BCUT2D eigenvalue weighted by Gasteiger charge is -2.32. The second-order valence-electron chi connectivity index (χ2n) is 8.59. The molecule has 2 heterocycles. The number of methoxy groups -OCH3 is 1. The second kappa shape index (κ2) is 10.4. The Bertz CT molecular complexity index is 1360. The Hall–Kier alpha value is -3.91. The molecular weight excluding hydrogens is 472 g/mol. The van der Waals surface area contributed by atoms with Crippen LogP contribution in [0.1, 0.15) is 23.6 Å². The van der Waals surface area contributed by atoms with Crippen molar-refractivity contribution < 1.29 is 14.3 Å². The van der Waals surface area contributed by atoms with Crippen LogP contribution in [-0.4, -0.2) is 46.1 Å². The Balaban J connectivity index is 1.36. The molecule has 0 saturated carbocycles. The first-order valence-electron chi connectivity index (χ1n) is 11.7. The van der Waals surface area contributed by atoms with Gasteiger partial charge in [-0.3, -0.25) is 14.5 Å². The SMILES string of the molecule is COc1cccc(CNC(=O)C(C)SC2=Nc3ccccc3C3=NC(=O)C(Cc4ccccc4)N23)c1. The maximum atomic E-state index is 13.0. The van der Waals surface area contributed by atoms with Crippen molar-refractivity contribution in [2.45, 2.75) is 31.2 Å². The molecule has 7 nitrogen and oxygen atoms in total. The Morgan fingerprint density at radius 3 is 2.58 bits per heavy atom. The highest BCUT2D eigenvalue weighted by Gasteiger charge is 2.42. The van der Waals surface area contributed by atoms with Crippen molar-refractivity contribution in [3.8, 4) is 5.75 Å². The van der Waals surface area contributed by atoms with E-state index in [0.717, 1.165) is 28.1 Å². The van der Waals surface area contributed by atoms with Crippen LogP contribution in [0.5, 0.6) is 5.75 Å². The molecule has 36 heavy (non-hydrogen) atoms. The Morgan fingerprint density at radius 1 is 1.03 bits per heavy atom. The van der Waals surface area contributed by atoms with Gasteiger partial charge in [0.15, 0.2) is 5.17 Å². The fourth-order valence-electron chi connectivity index (χ4n) is 4.25. The summed E-state index contributed by atoms with van der Waals surface area (Å²) in [6.07, 6.45) is 0.505. The first-order valence-corrected chi connectivity index (χ1v) is 12.6. The zero-order valence-corrected chi connectivity index (χ0v) is 20.9. The molecule has 0 spiro atoms. The quantitative estimate of drug-likeness (QED) is 0.524. The first-order chi connectivity index (χ1) is 17.5. The normalized spacial score (nSPS) is 17.0. The molecule has 2 atom stereocenters. The van der Waals surface area contributed by atoms with E-state index in [1.54, 1.807) is 7.11 Å². The van der Waals surface area contributed by atoms with Gasteiger partial charge in [0.2, 0.25) is 5.91 Å². The van der Waals surface area contributed by atoms with Gasteiger partial charge in [0.1, 0.15) is 17.6 Å². The fraction of sp³-hybridized carbons (Fsp3) is 0.214. The fourth-order valence-corrected chi connectivity index (χ4v) is 5.23. The van der Waals surface area contributed by atoms with Gasteiger partial charge in [-0.25, -0.2) is 4.99 Å². The van der Waals surface area contributed by atoms with Crippen molar-refractivity contribution >= 4 is 40.3 Å². The molecular formula is C28H26N4O3S. The van der Waals surface area contributed by atoms with Crippen molar-refractivity contribution in [2.75, 3.05) is 7.11 Å². The number of benzene rings is 3. The summed E-state index contributed by atoms with van der Waals surface area (Å²) < 4.78 is 5.26. The number of rotatable bonds is 7. The predicted molar refractivity (Wildman–Crippen MR) is 143 cm³/mol. The van der Waals surface area contributed by atoms with Gasteiger partial charge in [-0.15, -0.1) is 0 Å². The molecule has 0 radical (unpaired) electrons. The Morgan fingerprint density at radius 2 is 1.78 bits per heavy atom. The van der Waals surface area contributed by atoms with Crippen LogP contribution in [0.3, 0.4) is 0 Å². The molecule has 8 heteroatoms. The average molecular weight is 499 g/mol. The number of hydrogen-bond donors (Lipinski definition) is 1. The third-order valence-corrected chi connectivity index (χ3v) is 7.20. The van der Waals surface area contributed by atoms with Gasteiger partial charge in [-0.05, 0) is 42.3 Å². The molecule has 0 saturated heterocycles. The van der Waals surface area contributed by atoms with E-state index in [2.05, 4.69) is 10.3 Å². The lowest BCUT2D eigenvalue weighted by molar-refractivity contribution is -0.120. The Labute approximate surface area is 214 Å². The van der Waals surface area contributed by atoms with Gasteiger partial charge >= 0.3 is 0 Å². The van der Waals surface area contributed by atoms with Gasteiger partial charge in [-0.1, -0.05) is 66.4 Å². The summed E-state index contributed by atoms with van der Waals surface area (Å²) in [6, 6.07) is 24.6. The number of amidine groups is 2. The van der Waals surface area contributed by atoms with Crippen LogP contribution >= 0.6 is 11.8 Å².